The second-order valence-corrected chi connectivity index (χ2v) is 4.11. The van der Waals surface area contributed by atoms with Crippen LogP contribution in [0.4, 0.5) is 4.39 Å². The maximum Gasteiger partial charge on any atom is 0.165 e. The van der Waals surface area contributed by atoms with E-state index in [-0.39, 0.29) is 11.9 Å². The quantitative estimate of drug-likeness (QED) is 0.752. The van der Waals surface area contributed by atoms with E-state index in [4.69, 9.17) is 4.74 Å². The van der Waals surface area contributed by atoms with Gasteiger partial charge >= 0.3 is 0 Å². The molecule has 3 heteroatoms. The van der Waals surface area contributed by atoms with Gasteiger partial charge in [-0.1, -0.05) is 6.07 Å². The van der Waals surface area contributed by atoms with Gasteiger partial charge in [0.1, 0.15) is 0 Å². The molecule has 1 rings (SSSR count). The molecule has 90 valence electrons. The van der Waals surface area contributed by atoms with E-state index in [0.717, 1.165) is 24.9 Å². The first-order valence-corrected chi connectivity index (χ1v) is 5.71. The van der Waals surface area contributed by atoms with Crippen LogP contribution in [0.1, 0.15) is 25.3 Å². The van der Waals surface area contributed by atoms with Crippen molar-refractivity contribution in [1.82, 2.24) is 5.32 Å². The highest BCUT2D eigenvalue weighted by Crippen LogP contribution is 2.20. The van der Waals surface area contributed by atoms with Crippen molar-refractivity contribution < 1.29 is 9.13 Å². The molecular weight excluding hydrogens is 205 g/mol. The van der Waals surface area contributed by atoms with Gasteiger partial charge in [-0.05, 0) is 58.0 Å². The van der Waals surface area contributed by atoms with Gasteiger partial charge in [0.2, 0.25) is 0 Å². The van der Waals surface area contributed by atoms with E-state index in [2.05, 4.69) is 5.32 Å². The van der Waals surface area contributed by atoms with Crippen molar-refractivity contribution in [3.05, 3.63) is 29.6 Å². The van der Waals surface area contributed by atoms with Crippen molar-refractivity contribution in [1.29, 1.82) is 0 Å². The molecule has 0 aliphatic heterocycles. The number of nitrogens with one attached hydrogen (secondary N) is 1. The highest BCUT2D eigenvalue weighted by molar-refractivity contribution is 5.29. The lowest BCUT2D eigenvalue weighted by atomic mass is 10.2. The van der Waals surface area contributed by atoms with Gasteiger partial charge in [0.15, 0.2) is 11.6 Å². The number of hydrogen-bond donors (Lipinski definition) is 1. The van der Waals surface area contributed by atoms with E-state index in [9.17, 15) is 4.39 Å². The van der Waals surface area contributed by atoms with Crippen molar-refractivity contribution in [2.24, 2.45) is 0 Å². The largest absolute Gasteiger partial charge is 0.488 e. The first kappa shape index (κ1) is 13.0. The Morgan fingerprint density at radius 2 is 2.19 bits per heavy atom. The van der Waals surface area contributed by atoms with Gasteiger partial charge in [-0.2, -0.15) is 0 Å². The minimum absolute atomic E-state index is 0.0460. The standard InChI is InChI=1S/C13H20FNO/c1-10-6-7-12(14)13(9-10)16-11(2)5-4-8-15-3/h6-7,9,11,15H,4-5,8H2,1-3H3. The molecule has 0 aromatic heterocycles. The molecule has 1 unspecified atom stereocenters. The highest BCUT2D eigenvalue weighted by Gasteiger charge is 2.08. The molecule has 0 aliphatic rings. The Bertz CT molecular complexity index is 328. The van der Waals surface area contributed by atoms with E-state index < -0.39 is 0 Å². The molecule has 1 aromatic carbocycles. The molecule has 0 amide bonds. The van der Waals surface area contributed by atoms with Gasteiger partial charge in [-0.3, -0.25) is 0 Å². The van der Waals surface area contributed by atoms with Crippen molar-refractivity contribution >= 4 is 0 Å². The van der Waals surface area contributed by atoms with Crippen LogP contribution in [0.5, 0.6) is 5.75 Å². The average molecular weight is 225 g/mol. The number of benzene rings is 1. The van der Waals surface area contributed by atoms with Crippen molar-refractivity contribution in [2.75, 3.05) is 13.6 Å². The smallest absolute Gasteiger partial charge is 0.165 e. The Balaban J connectivity index is 2.48. The molecule has 0 fully saturated rings. The lowest BCUT2D eigenvalue weighted by Gasteiger charge is -2.15. The lowest BCUT2D eigenvalue weighted by molar-refractivity contribution is 0.199. The molecule has 1 atom stereocenters. The monoisotopic (exact) mass is 225 g/mol. The third-order valence-corrected chi connectivity index (χ3v) is 2.45. The van der Waals surface area contributed by atoms with Crippen LogP contribution in [0.25, 0.3) is 0 Å². The predicted octanol–water partition coefficient (Wildman–Crippen LogP) is 2.90. The maximum absolute atomic E-state index is 13.4. The van der Waals surface area contributed by atoms with Crippen molar-refractivity contribution in [3.8, 4) is 5.75 Å². The third kappa shape index (κ3) is 4.19. The molecule has 16 heavy (non-hydrogen) atoms. The fourth-order valence-electron chi connectivity index (χ4n) is 1.54. The summed E-state index contributed by atoms with van der Waals surface area (Å²) in [6.07, 6.45) is 2.00. The lowest BCUT2D eigenvalue weighted by Crippen LogP contribution is -2.16. The van der Waals surface area contributed by atoms with Crippen LogP contribution in [0.15, 0.2) is 18.2 Å². The second kappa shape index (κ2) is 6.48. The molecule has 2 nitrogen and oxygen atoms in total. The van der Waals surface area contributed by atoms with Crippen molar-refractivity contribution in [3.63, 3.8) is 0 Å². The van der Waals surface area contributed by atoms with Gasteiger partial charge in [-0.15, -0.1) is 0 Å². The Labute approximate surface area is 96.8 Å². The summed E-state index contributed by atoms with van der Waals surface area (Å²) in [4.78, 5) is 0. The third-order valence-electron chi connectivity index (χ3n) is 2.45. The summed E-state index contributed by atoms with van der Waals surface area (Å²) < 4.78 is 19.0. The van der Waals surface area contributed by atoms with E-state index in [0.29, 0.717) is 5.75 Å². The van der Waals surface area contributed by atoms with Crippen LogP contribution in [-0.2, 0) is 0 Å². The molecule has 0 radical (unpaired) electrons. The highest BCUT2D eigenvalue weighted by atomic mass is 19.1. The molecule has 0 saturated heterocycles. The molecule has 1 N–H and O–H groups in total. The molecule has 0 bridgehead atoms. The molecular formula is C13H20FNO. The minimum atomic E-state index is -0.286. The van der Waals surface area contributed by atoms with Crippen LogP contribution >= 0.6 is 0 Å². The first-order chi connectivity index (χ1) is 7.63. The topological polar surface area (TPSA) is 21.3 Å². The maximum atomic E-state index is 13.4. The summed E-state index contributed by atoms with van der Waals surface area (Å²) in [6.45, 7) is 4.86. The molecule has 0 aliphatic carbocycles. The molecule has 0 saturated carbocycles. The first-order valence-electron chi connectivity index (χ1n) is 5.71. The van der Waals surface area contributed by atoms with E-state index in [1.165, 1.54) is 6.07 Å². The Morgan fingerprint density at radius 3 is 2.88 bits per heavy atom. The second-order valence-electron chi connectivity index (χ2n) is 4.11. The summed E-state index contributed by atoms with van der Waals surface area (Å²) in [7, 11) is 1.92. The van der Waals surface area contributed by atoms with Crippen molar-refractivity contribution in [2.45, 2.75) is 32.8 Å². The zero-order valence-electron chi connectivity index (χ0n) is 10.2. The number of aryl methyl sites for hydroxylation is 1. The predicted molar refractivity (Wildman–Crippen MR) is 64.4 cm³/mol. The van der Waals surface area contributed by atoms with Crippen LogP contribution in [-0.4, -0.2) is 19.7 Å². The zero-order chi connectivity index (χ0) is 12.0. The fraction of sp³-hybridized carbons (Fsp3) is 0.538. The Hall–Kier alpha value is -1.09. The molecule has 0 heterocycles. The summed E-state index contributed by atoms with van der Waals surface area (Å²) in [6, 6.07) is 4.93. The fourth-order valence-corrected chi connectivity index (χ4v) is 1.54. The Kier molecular flexibility index (Phi) is 5.26. The van der Waals surface area contributed by atoms with Gasteiger partial charge in [0.25, 0.3) is 0 Å². The average Bonchev–Trinajstić information content (AvgIpc) is 2.24. The van der Waals surface area contributed by atoms with Crippen LogP contribution in [0.3, 0.4) is 0 Å². The number of hydrogen-bond acceptors (Lipinski definition) is 2. The van der Waals surface area contributed by atoms with Crippen LogP contribution in [0.2, 0.25) is 0 Å². The Morgan fingerprint density at radius 1 is 1.44 bits per heavy atom. The van der Waals surface area contributed by atoms with Gasteiger partial charge in [0.05, 0.1) is 6.10 Å². The molecule has 0 spiro atoms. The molecule has 1 aromatic rings. The summed E-state index contributed by atoms with van der Waals surface area (Å²) in [5.41, 5.74) is 1.01. The van der Waals surface area contributed by atoms with Crippen LogP contribution < -0.4 is 10.1 Å². The van der Waals surface area contributed by atoms with Crippen LogP contribution in [0, 0.1) is 12.7 Å². The van der Waals surface area contributed by atoms with Gasteiger partial charge in [0, 0.05) is 0 Å². The van der Waals surface area contributed by atoms with Gasteiger partial charge < -0.3 is 10.1 Å². The van der Waals surface area contributed by atoms with E-state index >= 15 is 0 Å². The number of rotatable bonds is 6. The zero-order valence-corrected chi connectivity index (χ0v) is 10.2. The van der Waals surface area contributed by atoms with E-state index in [1.54, 1.807) is 12.1 Å². The van der Waals surface area contributed by atoms with Gasteiger partial charge in [-0.25, -0.2) is 4.39 Å². The summed E-state index contributed by atoms with van der Waals surface area (Å²) >= 11 is 0. The SMILES string of the molecule is CNCCCC(C)Oc1cc(C)ccc1F. The summed E-state index contributed by atoms with van der Waals surface area (Å²) in [5.74, 6) is 0.0722. The minimum Gasteiger partial charge on any atom is -0.488 e. The normalized spacial score (nSPS) is 12.5. The summed E-state index contributed by atoms with van der Waals surface area (Å²) in [5, 5.41) is 3.08. The van der Waals surface area contributed by atoms with E-state index in [1.807, 2.05) is 20.9 Å². The number of halogens is 1. The number of ether oxygens (including phenoxy) is 1.